The predicted octanol–water partition coefficient (Wildman–Crippen LogP) is 4.44. The van der Waals surface area contributed by atoms with Crippen molar-refractivity contribution in [2.45, 2.75) is 32.2 Å². The van der Waals surface area contributed by atoms with E-state index in [1.54, 1.807) is 35.3 Å². The number of carbonyl (C=O) groups excluding carboxylic acids is 1. The Balaban J connectivity index is 0.000000391. The summed E-state index contributed by atoms with van der Waals surface area (Å²) in [7, 11) is 0. The fourth-order valence-corrected chi connectivity index (χ4v) is 4.35. The number of anilines is 1. The van der Waals surface area contributed by atoms with Gasteiger partial charge in [0.25, 0.3) is 0 Å². The number of nitrogens with two attached hydrogens (primary N) is 1. The number of halogens is 3. The average molecular weight is 485 g/mol. The molecule has 1 saturated heterocycles. The van der Waals surface area contributed by atoms with Crippen LogP contribution in [0.4, 0.5) is 5.69 Å². The molecular weight excluding hydrogens is 459 g/mol. The molecule has 2 aromatic carbocycles. The molecule has 0 spiro atoms. The largest absolute Gasteiger partial charge is 0.390 e. The van der Waals surface area contributed by atoms with Gasteiger partial charge >= 0.3 is 5.91 Å². The number of piperidine rings is 1. The number of amides is 1. The second kappa shape index (κ2) is 11.3. The van der Waals surface area contributed by atoms with Gasteiger partial charge in [0.2, 0.25) is 0 Å². The first-order chi connectivity index (χ1) is 14.9. The second-order valence-electron chi connectivity index (χ2n) is 7.51. The zero-order valence-corrected chi connectivity index (χ0v) is 19.5. The van der Waals surface area contributed by atoms with Gasteiger partial charge in [0.15, 0.2) is 5.71 Å². The Morgan fingerprint density at radius 1 is 1.06 bits per heavy atom. The van der Waals surface area contributed by atoms with Crippen molar-refractivity contribution in [3.63, 3.8) is 0 Å². The molecule has 0 bridgehead atoms. The number of nitrogens with one attached hydrogen (secondary N) is 1. The van der Waals surface area contributed by atoms with Crippen molar-refractivity contribution in [2.24, 2.45) is 11.0 Å². The van der Waals surface area contributed by atoms with E-state index in [2.05, 4.69) is 10.4 Å². The molecule has 9 heteroatoms. The molecule has 0 saturated carbocycles. The molecule has 2 unspecified atom stereocenters. The first-order valence-corrected chi connectivity index (χ1v) is 11.4. The molecule has 166 valence electrons. The van der Waals surface area contributed by atoms with Crippen LogP contribution in [0.25, 0.3) is 0 Å². The predicted molar refractivity (Wildman–Crippen MR) is 125 cm³/mol. The Bertz CT molecular complexity index is 921. The zero-order valence-electron chi connectivity index (χ0n) is 17.2. The monoisotopic (exact) mass is 483 g/mol. The van der Waals surface area contributed by atoms with E-state index in [9.17, 15) is 4.79 Å². The molecule has 1 fully saturated rings. The number of hydrazone groups is 1. The van der Waals surface area contributed by atoms with Crippen molar-refractivity contribution in [3.05, 3.63) is 63.1 Å². The van der Waals surface area contributed by atoms with Crippen molar-refractivity contribution in [3.8, 4) is 0 Å². The van der Waals surface area contributed by atoms with Gasteiger partial charge in [-0.05, 0) is 61.8 Å². The third-order valence-electron chi connectivity index (χ3n) is 5.33. The lowest BCUT2D eigenvalue weighted by Gasteiger charge is -2.27. The summed E-state index contributed by atoms with van der Waals surface area (Å²) >= 11 is 18.3. The van der Waals surface area contributed by atoms with Gasteiger partial charge in [-0.1, -0.05) is 60.3 Å². The lowest BCUT2D eigenvalue weighted by Crippen LogP contribution is -2.87. The van der Waals surface area contributed by atoms with Gasteiger partial charge < -0.3 is 5.32 Å². The Labute approximate surface area is 197 Å². The van der Waals surface area contributed by atoms with Crippen molar-refractivity contribution in [1.82, 2.24) is 5.32 Å². The Morgan fingerprint density at radius 3 is 2.23 bits per heavy atom. The number of benzene rings is 2. The molecule has 0 aromatic heterocycles. The van der Waals surface area contributed by atoms with Crippen LogP contribution in [0.5, 0.6) is 0 Å². The minimum absolute atomic E-state index is 0.258. The molecule has 4 N–H and O–H groups in total. The Kier molecular flexibility index (Phi) is 8.72. The van der Waals surface area contributed by atoms with E-state index in [1.165, 1.54) is 32.4 Å². The van der Waals surface area contributed by atoms with E-state index in [4.69, 9.17) is 40.0 Å². The number of carbonyl (C=O) groups is 1. The normalized spacial score (nSPS) is 20.7. The van der Waals surface area contributed by atoms with Gasteiger partial charge in [-0.25, -0.2) is 10.0 Å². The van der Waals surface area contributed by atoms with E-state index in [0.717, 1.165) is 5.56 Å². The first kappa shape index (κ1) is 24.0. The fourth-order valence-electron chi connectivity index (χ4n) is 3.73. The Morgan fingerprint density at radius 2 is 1.71 bits per heavy atom. The van der Waals surface area contributed by atoms with E-state index >= 15 is 0 Å². The van der Waals surface area contributed by atoms with Gasteiger partial charge in [-0.15, -0.1) is 5.48 Å². The summed E-state index contributed by atoms with van der Waals surface area (Å²) in [6, 6.07) is 12.1. The quantitative estimate of drug-likeness (QED) is 0.444. The maximum absolute atomic E-state index is 12.0. The number of nitrogens with zero attached hydrogens (tertiary/aromatic N) is 2. The number of primary amides is 1. The van der Waals surface area contributed by atoms with Crippen LogP contribution in [-0.2, 0) is 4.79 Å². The van der Waals surface area contributed by atoms with Crippen LogP contribution in [0.3, 0.4) is 0 Å². The molecule has 2 aromatic rings. The lowest BCUT2D eigenvalue weighted by molar-refractivity contribution is -0.811. The zero-order chi connectivity index (χ0) is 22.4. The van der Waals surface area contributed by atoms with Crippen LogP contribution < -0.4 is 15.8 Å². The van der Waals surface area contributed by atoms with Crippen molar-refractivity contribution in [1.29, 1.82) is 0 Å². The van der Waals surface area contributed by atoms with Gasteiger partial charge in [0.1, 0.15) is 0 Å². The average Bonchev–Trinajstić information content (AvgIpc) is 3.12. The lowest BCUT2D eigenvalue weighted by atomic mass is 9.91. The number of hydrogen-bond donors (Lipinski definition) is 3. The van der Waals surface area contributed by atoms with Gasteiger partial charge in [-0.3, -0.25) is 5.01 Å². The minimum atomic E-state index is -0.529. The summed E-state index contributed by atoms with van der Waals surface area (Å²) < 4.78 is 0. The number of hydrogen-bond acceptors (Lipinski definition) is 5. The van der Waals surface area contributed by atoms with E-state index in [1.807, 2.05) is 19.1 Å². The van der Waals surface area contributed by atoms with Crippen LogP contribution in [0, 0.1) is 5.92 Å². The first-order valence-electron chi connectivity index (χ1n) is 10.2. The third-order valence-corrected chi connectivity index (χ3v) is 6.12. The van der Waals surface area contributed by atoms with Gasteiger partial charge in [0.05, 0.1) is 16.8 Å². The minimum Gasteiger partial charge on any atom is -0.317 e. The molecule has 0 aliphatic carbocycles. The van der Waals surface area contributed by atoms with E-state index < -0.39 is 5.91 Å². The second-order valence-corrected chi connectivity index (χ2v) is 8.79. The van der Waals surface area contributed by atoms with Crippen LogP contribution >= 0.6 is 34.8 Å². The summed E-state index contributed by atoms with van der Waals surface area (Å²) in [5.41, 5.74) is 2.33. The molecule has 2 aliphatic heterocycles. The van der Waals surface area contributed by atoms with Crippen LogP contribution in [0.2, 0.25) is 15.1 Å². The molecule has 2 aliphatic rings. The Hall–Kier alpha value is -1.67. The van der Waals surface area contributed by atoms with Gasteiger partial charge in [-0.2, -0.15) is 5.10 Å². The summed E-state index contributed by atoms with van der Waals surface area (Å²) in [6.07, 6.45) is 4.22. The number of quaternary nitrogens is 1. The van der Waals surface area contributed by atoms with Crippen LogP contribution in [0.15, 0.2) is 47.6 Å². The third kappa shape index (κ3) is 5.98. The summed E-state index contributed by atoms with van der Waals surface area (Å²) in [5, 5.41) is 20.1. The highest BCUT2D eigenvalue weighted by molar-refractivity contribution is 6.38. The maximum Gasteiger partial charge on any atom is 0.390 e. The van der Waals surface area contributed by atoms with E-state index in [-0.39, 0.29) is 17.7 Å². The standard InChI is InChI=1S/C17H14Cl3N3O2.C5H11N/c1-9-15(17(24)22-25)21-23(14-7-6-12(19)8-13(14)20)16(9)10-2-4-11(18)5-3-10;1-2-4-6-5-3-1/h2-9,16,25H,1H3,(H,22,24);6H,1-5H2/p+1. The van der Waals surface area contributed by atoms with Crippen molar-refractivity contribution < 1.29 is 15.5 Å². The summed E-state index contributed by atoms with van der Waals surface area (Å²) in [4.78, 5) is 12.0. The molecule has 2 atom stereocenters. The molecule has 1 amide bonds. The molecular formula is C22H26Cl3N4O2+. The summed E-state index contributed by atoms with van der Waals surface area (Å²) in [5.74, 6) is -0.789. The van der Waals surface area contributed by atoms with Crippen molar-refractivity contribution in [2.75, 3.05) is 18.1 Å². The number of rotatable bonds is 3. The molecule has 31 heavy (non-hydrogen) atoms. The topological polar surface area (TPSA) is 81.5 Å². The highest BCUT2D eigenvalue weighted by Crippen LogP contribution is 2.42. The van der Waals surface area contributed by atoms with Crippen LogP contribution in [0.1, 0.15) is 37.8 Å². The van der Waals surface area contributed by atoms with Gasteiger partial charge in [0, 0.05) is 16.0 Å². The van der Waals surface area contributed by atoms with E-state index in [0.29, 0.717) is 26.2 Å². The maximum atomic E-state index is 12.0. The smallest absolute Gasteiger partial charge is 0.317 e. The summed E-state index contributed by atoms with van der Waals surface area (Å²) in [6.45, 7) is 4.38. The molecule has 4 rings (SSSR count). The highest BCUT2D eigenvalue weighted by Gasteiger charge is 2.41. The van der Waals surface area contributed by atoms with Crippen molar-refractivity contribution >= 4 is 52.1 Å². The SMILES string of the molecule is C1CCNCC1.CC1C(C(=O)[NH2+]O)=NN(c2ccc(Cl)cc2Cl)C1c1ccc(Cl)cc1. The number of hydroxylamine groups is 1. The molecule has 0 radical (unpaired) electrons. The van der Waals surface area contributed by atoms with Crippen LogP contribution in [-0.4, -0.2) is 29.9 Å². The molecule has 2 heterocycles. The molecule has 6 nitrogen and oxygen atoms in total. The fraction of sp³-hybridized carbons (Fsp3) is 0.364. The highest BCUT2D eigenvalue weighted by atomic mass is 35.5.